The molecule has 0 saturated heterocycles. The van der Waals surface area contributed by atoms with E-state index in [1.54, 1.807) is 47.4 Å². The van der Waals surface area contributed by atoms with Gasteiger partial charge < -0.3 is 20.3 Å². The first kappa shape index (κ1) is 22.2. The van der Waals surface area contributed by atoms with Crippen molar-refractivity contribution in [2.45, 2.75) is 20.8 Å². The molecule has 29 heavy (non-hydrogen) atoms. The minimum atomic E-state index is -0.348. The molecule has 0 aromatic heterocycles. The normalized spacial score (nSPS) is 10.2. The van der Waals surface area contributed by atoms with Gasteiger partial charge >= 0.3 is 0 Å². The summed E-state index contributed by atoms with van der Waals surface area (Å²) in [6.45, 7) is 6.31. The van der Waals surface area contributed by atoms with Crippen LogP contribution in [0, 0.1) is 0 Å². The quantitative estimate of drug-likeness (QED) is 0.683. The molecular weight excluding hydrogens is 394 g/mol. The van der Waals surface area contributed by atoms with Crippen LogP contribution < -0.4 is 15.4 Å². The monoisotopic (exact) mass is 417 g/mol. The van der Waals surface area contributed by atoms with Crippen molar-refractivity contribution < 1.29 is 19.1 Å². The summed E-state index contributed by atoms with van der Waals surface area (Å²) in [4.78, 5) is 37.3. The third-order valence-corrected chi connectivity index (χ3v) is 4.40. The minimum absolute atomic E-state index is 0.108. The number of rotatable bonds is 8. The number of likely N-dealkylation sites (N-methyl/N-ethyl adjacent to an activating group) is 1. The van der Waals surface area contributed by atoms with E-state index in [2.05, 4.69) is 10.6 Å². The Morgan fingerprint density at radius 2 is 1.69 bits per heavy atom. The Balaban J connectivity index is 2.02. The van der Waals surface area contributed by atoms with Crippen LogP contribution in [0.3, 0.4) is 0 Å². The fraction of sp³-hybridized carbons (Fsp3) is 0.286. The summed E-state index contributed by atoms with van der Waals surface area (Å²) in [6, 6.07) is 11.4. The van der Waals surface area contributed by atoms with E-state index in [-0.39, 0.29) is 29.4 Å². The lowest BCUT2D eigenvalue weighted by atomic mass is 10.2. The maximum absolute atomic E-state index is 12.5. The lowest BCUT2D eigenvalue weighted by molar-refractivity contribution is -0.133. The van der Waals surface area contributed by atoms with E-state index in [1.165, 1.54) is 6.92 Å². The third-order valence-electron chi connectivity index (χ3n) is 4.10. The van der Waals surface area contributed by atoms with Crippen molar-refractivity contribution in [1.29, 1.82) is 0 Å². The zero-order valence-corrected chi connectivity index (χ0v) is 17.4. The molecule has 0 bridgehead atoms. The van der Waals surface area contributed by atoms with Crippen LogP contribution in [0.4, 0.5) is 11.4 Å². The Morgan fingerprint density at radius 3 is 2.31 bits per heavy atom. The van der Waals surface area contributed by atoms with Crippen LogP contribution in [0.1, 0.15) is 31.1 Å². The first-order valence-electron chi connectivity index (χ1n) is 9.23. The largest absolute Gasteiger partial charge is 0.482 e. The number of anilines is 2. The Labute approximate surface area is 175 Å². The third kappa shape index (κ3) is 6.50. The summed E-state index contributed by atoms with van der Waals surface area (Å²) in [7, 11) is 0. The van der Waals surface area contributed by atoms with Crippen LogP contribution in [0.5, 0.6) is 5.75 Å². The number of halogens is 1. The summed E-state index contributed by atoms with van der Waals surface area (Å²) < 4.78 is 5.50. The van der Waals surface area contributed by atoms with Gasteiger partial charge in [-0.05, 0) is 50.2 Å². The fourth-order valence-corrected chi connectivity index (χ4v) is 2.88. The van der Waals surface area contributed by atoms with Crippen LogP contribution in [0.15, 0.2) is 42.5 Å². The maximum atomic E-state index is 12.5. The van der Waals surface area contributed by atoms with Gasteiger partial charge in [-0.3, -0.25) is 14.4 Å². The van der Waals surface area contributed by atoms with Crippen LogP contribution >= 0.6 is 11.6 Å². The number of carbonyl (C=O) groups excluding carboxylic acids is 3. The number of nitrogens with zero attached hydrogens (tertiary/aromatic N) is 1. The van der Waals surface area contributed by atoms with Gasteiger partial charge in [0.05, 0.1) is 5.02 Å². The van der Waals surface area contributed by atoms with Crippen LogP contribution in [0.25, 0.3) is 0 Å². The van der Waals surface area contributed by atoms with E-state index >= 15 is 0 Å². The Hall–Kier alpha value is -3.06. The number of nitrogens with one attached hydrogen (secondary N) is 2. The second-order valence-electron chi connectivity index (χ2n) is 6.22. The average Bonchev–Trinajstić information content (AvgIpc) is 2.68. The SMILES string of the molecule is CCN(CC)C(=O)COc1ccc(NC(=O)c2cccc(NC(C)=O)c2)cc1Cl. The van der Waals surface area contributed by atoms with Crippen molar-refractivity contribution in [2.24, 2.45) is 0 Å². The first-order valence-corrected chi connectivity index (χ1v) is 9.61. The molecule has 2 rings (SSSR count). The standard InChI is InChI=1S/C21H24ClN3O4/c1-4-25(5-2)20(27)13-29-19-10-9-17(12-18(19)22)24-21(28)15-7-6-8-16(11-15)23-14(3)26/h6-12H,4-5,13H2,1-3H3,(H,23,26)(H,24,28). The smallest absolute Gasteiger partial charge is 0.260 e. The lowest BCUT2D eigenvalue weighted by Gasteiger charge is -2.19. The molecule has 2 aromatic carbocycles. The topological polar surface area (TPSA) is 87.7 Å². The molecule has 2 N–H and O–H groups in total. The molecule has 8 heteroatoms. The van der Waals surface area contributed by atoms with Gasteiger partial charge in [-0.25, -0.2) is 0 Å². The van der Waals surface area contributed by atoms with Gasteiger partial charge in [0.1, 0.15) is 5.75 Å². The van der Waals surface area contributed by atoms with Crippen LogP contribution in [0.2, 0.25) is 5.02 Å². The van der Waals surface area contributed by atoms with Crippen molar-refractivity contribution in [2.75, 3.05) is 30.3 Å². The highest BCUT2D eigenvalue weighted by Gasteiger charge is 2.13. The average molecular weight is 418 g/mol. The highest BCUT2D eigenvalue weighted by molar-refractivity contribution is 6.32. The van der Waals surface area contributed by atoms with Gasteiger partial charge in [0, 0.05) is 37.0 Å². The summed E-state index contributed by atoms with van der Waals surface area (Å²) in [5, 5.41) is 5.65. The second kappa shape index (κ2) is 10.5. The molecule has 2 aromatic rings. The van der Waals surface area contributed by atoms with E-state index in [0.717, 1.165) is 0 Å². The highest BCUT2D eigenvalue weighted by Crippen LogP contribution is 2.28. The van der Waals surface area contributed by atoms with Crippen molar-refractivity contribution in [3.8, 4) is 5.75 Å². The fourth-order valence-electron chi connectivity index (χ4n) is 2.65. The molecule has 0 radical (unpaired) electrons. The molecule has 0 aliphatic heterocycles. The Morgan fingerprint density at radius 1 is 1.00 bits per heavy atom. The van der Waals surface area contributed by atoms with E-state index in [4.69, 9.17) is 16.3 Å². The molecule has 154 valence electrons. The molecule has 0 heterocycles. The number of amides is 3. The predicted octanol–water partition coefficient (Wildman–Crippen LogP) is 3.80. The molecule has 0 spiro atoms. The number of hydrogen-bond acceptors (Lipinski definition) is 4. The van der Waals surface area contributed by atoms with E-state index in [0.29, 0.717) is 35.8 Å². The van der Waals surface area contributed by atoms with Gasteiger partial charge in [-0.15, -0.1) is 0 Å². The van der Waals surface area contributed by atoms with Crippen molar-refractivity contribution in [3.63, 3.8) is 0 Å². The summed E-state index contributed by atoms with van der Waals surface area (Å²) >= 11 is 6.22. The molecule has 0 aliphatic carbocycles. The summed E-state index contributed by atoms with van der Waals surface area (Å²) in [5.74, 6) is -0.330. The van der Waals surface area contributed by atoms with E-state index in [1.807, 2.05) is 13.8 Å². The molecule has 3 amide bonds. The van der Waals surface area contributed by atoms with Crippen molar-refractivity contribution in [3.05, 3.63) is 53.1 Å². The number of ether oxygens (including phenoxy) is 1. The second-order valence-corrected chi connectivity index (χ2v) is 6.62. The lowest BCUT2D eigenvalue weighted by Crippen LogP contribution is -2.34. The molecule has 0 unspecified atom stereocenters. The molecule has 0 atom stereocenters. The summed E-state index contributed by atoms with van der Waals surface area (Å²) in [5.41, 5.74) is 1.40. The molecule has 0 aliphatic rings. The molecule has 0 fully saturated rings. The van der Waals surface area contributed by atoms with Gasteiger partial charge in [-0.1, -0.05) is 17.7 Å². The predicted molar refractivity (Wildman–Crippen MR) is 114 cm³/mol. The van der Waals surface area contributed by atoms with E-state index in [9.17, 15) is 14.4 Å². The Bertz CT molecular complexity index is 897. The number of carbonyl (C=O) groups is 3. The Kier molecular flexibility index (Phi) is 8.03. The minimum Gasteiger partial charge on any atom is -0.482 e. The van der Waals surface area contributed by atoms with Crippen molar-refractivity contribution in [1.82, 2.24) is 4.90 Å². The van der Waals surface area contributed by atoms with E-state index < -0.39 is 0 Å². The molecular formula is C21H24ClN3O4. The summed E-state index contributed by atoms with van der Waals surface area (Å²) in [6.07, 6.45) is 0. The molecule has 7 nitrogen and oxygen atoms in total. The van der Waals surface area contributed by atoms with Gasteiger partial charge in [-0.2, -0.15) is 0 Å². The number of benzene rings is 2. The zero-order chi connectivity index (χ0) is 21.4. The molecule has 0 saturated carbocycles. The van der Waals surface area contributed by atoms with Crippen LogP contribution in [-0.4, -0.2) is 42.3 Å². The van der Waals surface area contributed by atoms with Crippen LogP contribution in [-0.2, 0) is 9.59 Å². The zero-order valence-electron chi connectivity index (χ0n) is 16.6. The van der Waals surface area contributed by atoms with Gasteiger partial charge in [0.15, 0.2) is 6.61 Å². The van der Waals surface area contributed by atoms with Gasteiger partial charge in [0.25, 0.3) is 11.8 Å². The van der Waals surface area contributed by atoms with Gasteiger partial charge in [0.2, 0.25) is 5.91 Å². The first-order chi connectivity index (χ1) is 13.8. The maximum Gasteiger partial charge on any atom is 0.260 e. The highest BCUT2D eigenvalue weighted by atomic mass is 35.5. The number of hydrogen-bond donors (Lipinski definition) is 2. The van der Waals surface area contributed by atoms with Crippen molar-refractivity contribution >= 4 is 40.7 Å².